The molecule has 0 bridgehead atoms. The number of nitrogens with zero attached hydrogens (tertiary/aromatic N) is 2. The van der Waals surface area contributed by atoms with Gasteiger partial charge in [0.1, 0.15) is 0 Å². The number of carbonyl (C=O) groups excluding carboxylic acids is 2. The number of para-hydroxylation sites is 1. The number of hydrogen-bond acceptors (Lipinski definition) is 4. The fourth-order valence-electron chi connectivity index (χ4n) is 3.78. The van der Waals surface area contributed by atoms with Gasteiger partial charge in [0.05, 0.1) is 29.0 Å². The van der Waals surface area contributed by atoms with Crippen LogP contribution in [0.4, 0.5) is 5.69 Å². The molecule has 2 heterocycles. The number of aromatic nitrogens is 1. The average molecular weight is 389 g/mol. The molecule has 29 heavy (non-hydrogen) atoms. The summed E-state index contributed by atoms with van der Waals surface area (Å²) < 4.78 is 5.73. The molecule has 4 rings (SSSR count). The molecule has 2 unspecified atom stereocenters. The monoisotopic (exact) mass is 389 g/mol. The molecule has 0 radical (unpaired) electrons. The van der Waals surface area contributed by atoms with Crippen LogP contribution in [0.5, 0.6) is 0 Å². The summed E-state index contributed by atoms with van der Waals surface area (Å²) >= 11 is 0. The van der Waals surface area contributed by atoms with E-state index in [4.69, 9.17) is 4.74 Å². The average Bonchev–Trinajstić information content (AvgIpc) is 2.72. The van der Waals surface area contributed by atoms with Crippen molar-refractivity contribution in [2.45, 2.75) is 26.1 Å². The van der Waals surface area contributed by atoms with Crippen LogP contribution in [-0.4, -0.2) is 47.0 Å². The third-order valence-corrected chi connectivity index (χ3v) is 5.00. The van der Waals surface area contributed by atoms with Gasteiger partial charge in [-0.25, -0.2) is 0 Å². The molecular formula is C23H23N3O3. The van der Waals surface area contributed by atoms with Crippen molar-refractivity contribution < 1.29 is 14.3 Å². The van der Waals surface area contributed by atoms with Crippen LogP contribution in [0, 0.1) is 0 Å². The van der Waals surface area contributed by atoms with E-state index < -0.39 is 0 Å². The van der Waals surface area contributed by atoms with Gasteiger partial charge in [0.25, 0.3) is 11.8 Å². The largest absolute Gasteiger partial charge is 0.372 e. The SMILES string of the molecule is CC1CN(C(=O)c2ccccc2NC(=O)c2cccc3ncccc23)CC(C)O1. The zero-order valence-electron chi connectivity index (χ0n) is 16.5. The number of pyridine rings is 1. The zero-order chi connectivity index (χ0) is 20.4. The summed E-state index contributed by atoms with van der Waals surface area (Å²) in [6.07, 6.45) is 1.66. The summed E-state index contributed by atoms with van der Waals surface area (Å²) in [5.41, 5.74) is 2.24. The molecule has 6 nitrogen and oxygen atoms in total. The highest BCUT2D eigenvalue weighted by Gasteiger charge is 2.28. The lowest BCUT2D eigenvalue weighted by molar-refractivity contribution is -0.0585. The number of nitrogens with one attached hydrogen (secondary N) is 1. The number of amides is 2. The van der Waals surface area contributed by atoms with Crippen molar-refractivity contribution in [2.24, 2.45) is 0 Å². The van der Waals surface area contributed by atoms with Crippen molar-refractivity contribution >= 4 is 28.4 Å². The molecule has 148 valence electrons. The van der Waals surface area contributed by atoms with Crippen LogP contribution in [0.25, 0.3) is 10.9 Å². The molecule has 1 fully saturated rings. The number of anilines is 1. The predicted octanol–water partition coefficient (Wildman–Crippen LogP) is 3.74. The first-order valence-corrected chi connectivity index (χ1v) is 9.72. The van der Waals surface area contributed by atoms with Gasteiger partial charge in [-0.2, -0.15) is 0 Å². The third-order valence-electron chi connectivity index (χ3n) is 5.00. The standard InChI is InChI=1S/C23H23N3O3/c1-15-13-26(14-16(2)29-15)23(28)19-7-3-4-10-21(19)25-22(27)18-8-5-11-20-17(18)9-6-12-24-20/h3-12,15-16H,13-14H2,1-2H3,(H,25,27). The van der Waals surface area contributed by atoms with E-state index in [1.54, 1.807) is 47.5 Å². The molecule has 1 N–H and O–H groups in total. The van der Waals surface area contributed by atoms with Gasteiger partial charge in [-0.15, -0.1) is 0 Å². The van der Waals surface area contributed by atoms with Crippen LogP contribution in [0.1, 0.15) is 34.6 Å². The van der Waals surface area contributed by atoms with Crippen LogP contribution in [-0.2, 0) is 4.74 Å². The highest BCUT2D eigenvalue weighted by molar-refractivity contribution is 6.14. The number of morpholine rings is 1. The topological polar surface area (TPSA) is 71.5 Å². The summed E-state index contributed by atoms with van der Waals surface area (Å²) in [5, 5.41) is 3.69. The fraction of sp³-hybridized carbons (Fsp3) is 0.261. The highest BCUT2D eigenvalue weighted by atomic mass is 16.5. The lowest BCUT2D eigenvalue weighted by atomic mass is 10.1. The van der Waals surface area contributed by atoms with Crippen molar-refractivity contribution in [3.63, 3.8) is 0 Å². The number of benzene rings is 2. The van der Waals surface area contributed by atoms with Gasteiger partial charge in [0.15, 0.2) is 0 Å². The second-order valence-corrected chi connectivity index (χ2v) is 7.34. The fourth-order valence-corrected chi connectivity index (χ4v) is 3.78. The molecule has 1 aliphatic rings. The Morgan fingerprint density at radius 3 is 2.48 bits per heavy atom. The molecule has 6 heteroatoms. The van der Waals surface area contributed by atoms with Crippen LogP contribution in [0.3, 0.4) is 0 Å². The van der Waals surface area contributed by atoms with E-state index in [0.29, 0.717) is 29.9 Å². The van der Waals surface area contributed by atoms with Crippen molar-refractivity contribution in [1.82, 2.24) is 9.88 Å². The lowest BCUT2D eigenvalue weighted by Crippen LogP contribution is -2.48. The van der Waals surface area contributed by atoms with Gasteiger partial charge in [0.2, 0.25) is 0 Å². The van der Waals surface area contributed by atoms with Crippen LogP contribution in [0.2, 0.25) is 0 Å². The molecule has 3 aromatic rings. The number of fused-ring (bicyclic) bond motifs is 1. The molecule has 2 atom stereocenters. The Bertz CT molecular complexity index is 1050. The maximum atomic E-state index is 13.2. The smallest absolute Gasteiger partial charge is 0.256 e. The first-order valence-electron chi connectivity index (χ1n) is 9.72. The van der Waals surface area contributed by atoms with E-state index in [2.05, 4.69) is 10.3 Å². The summed E-state index contributed by atoms with van der Waals surface area (Å²) in [6.45, 7) is 4.97. The van der Waals surface area contributed by atoms with E-state index in [1.807, 2.05) is 32.0 Å². The highest BCUT2D eigenvalue weighted by Crippen LogP contribution is 2.23. The Labute approximate surface area is 169 Å². The van der Waals surface area contributed by atoms with Crippen LogP contribution < -0.4 is 5.32 Å². The van der Waals surface area contributed by atoms with E-state index in [1.165, 1.54) is 0 Å². The lowest BCUT2D eigenvalue weighted by Gasteiger charge is -2.35. The minimum absolute atomic E-state index is 0.0207. The first-order chi connectivity index (χ1) is 14.0. The zero-order valence-corrected chi connectivity index (χ0v) is 16.5. The minimum atomic E-state index is -0.271. The van der Waals surface area contributed by atoms with Gasteiger partial charge in [-0.05, 0) is 44.2 Å². The van der Waals surface area contributed by atoms with E-state index in [-0.39, 0.29) is 24.0 Å². The first kappa shape index (κ1) is 19.1. The molecule has 1 aromatic heterocycles. The van der Waals surface area contributed by atoms with Gasteiger partial charge in [-0.3, -0.25) is 14.6 Å². The minimum Gasteiger partial charge on any atom is -0.372 e. The Balaban J connectivity index is 1.62. The number of carbonyl (C=O) groups is 2. The van der Waals surface area contributed by atoms with E-state index in [0.717, 1.165) is 10.9 Å². The Kier molecular flexibility index (Phi) is 5.27. The quantitative estimate of drug-likeness (QED) is 0.741. The summed E-state index contributed by atoms with van der Waals surface area (Å²) in [7, 11) is 0. The van der Waals surface area contributed by atoms with Gasteiger partial charge in [-0.1, -0.05) is 24.3 Å². The summed E-state index contributed by atoms with van der Waals surface area (Å²) in [6, 6.07) is 16.2. The molecule has 0 saturated carbocycles. The van der Waals surface area contributed by atoms with Crippen molar-refractivity contribution in [2.75, 3.05) is 18.4 Å². The Hall–Kier alpha value is -3.25. The number of rotatable bonds is 3. The summed E-state index contributed by atoms with van der Waals surface area (Å²) in [5.74, 6) is -0.380. The van der Waals surface area contributed by atoms with Gasteiger partial charge >= 0.3 is 0 Å². The number of hydrogen-bond donors (Lipinski definition) is 1. The molecular weight excluding hydrogens is 366 g/mol. The van der Waals surface area contributed by atoms with Crippen molar-refractivity contribution in [3.05, 3.63) is 71.9 Å². The molecule has 2 aromatic carbocycles. The normalized spacial score (nSPS) is 19.2. The molecule has 2 amide bonds. The third kappa shape index (κ3) is 3.98. The Morgan fingerprint density at radius 1 is 0.966 bits per heavy atom. The maximum Gasteiger partial charge on any atom is 0.256 e. The van der Waals surface area contributed by atoms with E-state index >= 15 is 0 Å². The number of ether oxygens (including phenoxy) is 1. The molecule has 0 aliphatic carbocycles. The Morgan fingerprint density at radius 2 is 1.69 bits per heavy atom. The van der Waals surface area contributed by atoms with Crippen molar-refractivity contribution in [1.29, 1.82) is 0 Å². The van der Waals surface area contributed by atoms with E-state index in [9.17, 15) is 9.59 Å². The van der Waals surface area contributed by atoms with Crippen LogP contribution >= 0.6 is 0 Å². The predicted molar refractivity (Wildman–Crippen MR) is 112 cm³/mol. The van der Waals surface area contributed by atoms with Gasteiger partial charge < -0.3 is 15.0 Å². The second-order valence-electron chi connectivity index (χ2n) is 7.34. The van der Waals surface area contributed by atoms with Crippen molar-refractivity contribution in [3.8, 4) is 0 Å². The maximum absolute atomic E-state index is 13.2. The molecule has 0 spiro atoms. The van der Waals surface area contributed by atoms with Crippen LogP contribution in [0.15, 0.2) is 60.8 Å². The van der Waals surface area contributed by atoms with Gasteiger partial charge in [0, 0.05) is 30.2 Å². The summed E-state index contributed by atoms with van der Waals surface area (Å²) in [4.78, 5) is 32.2. The molecule has 1 saturated heterocycles. The molecule has 1 aliphatic heterocycles. The second kappa shape index (κ2) is 8.01.